The summed E-state index contributed by atoms with van der Waals surface area (Å²) in [5, 5.41) is 3.86. The van der Waals surface area contributed by atoms with E-state index in [0.717, 1.165) is 0 Å². The van der Waals surface area contributed by atoms with Gasteiger partial charge in [0, 0.05) is 13.1 Å². The van der Waals surface area contributed by atoms with Crippen molar-refractivity contribution in [1.29, 1.82) is 0 Å². The van der Waals surface area contributed by atoms with Crippen molar-refractivity contribution in [3.8, 4) is 5.75 Å². The molecule has 0 aliphatic heterocycles. The molecule has 0 saturated carbocycles. The first kappa shape index (κ1) is 13.9. The summed E-state index contributed by atoms with van der Waals surface area (Å²) in [6, 6.07) is 6.91. The highest BCUT2D eigenvalue weighted by Gasteiger charge is 2.18. The molecule has 1 aromatic carbocycles. The number of rotatable bonds is 4. The summed E-state index contributed by atoms with van der Waals surface area (Å²) in [5.41, 5.74) is 7.36. The smallest absolute Gasteiger partial charge is 0.256 e. The first-order valence-electron chi connectivity index (χ1n) is 6.13. The average Bonchev–Trinajstić information content (AvgIpc) is 2.83. The van der Waals surface area contributed by atoms with Crippen molar-refractivity contribution in [3.05, 3.63) is 41.3 Å². The van der Waals surface area contributed by atoms with Crippen molar-refractivity contribution in [2.45, 2.75) is 13.5 Å². The van der Waals surface area contributed by atoms with E-state index in [4.69, 9.17) is 15.0 Å². The molecule has 0 aliphatic carbocycles. The molecule has 1 aromatic heterocycles. The summed E-state index contributed by atoms with van der Waals surface area (Å²) in [6.45, 7) is 2.16. The fraction of sp³-hybridized carbons (Fsp3) is 0.286. The monoisotopic (exact) mass is 275 g/mol. The van der Waals surface area contributed by atoms with Crippen LogP contribution in [0.2, 0.25) is 0 Å². The lowest BCUT2D eigenvalue weighted by molar-refractivity contribution is 0.0783. The fourth-order valence-electron chi connectivity index (χ4n) is 1.92. The Bertz CT molecular complexity index is 622. The number of hydrogen-bond donors (Lipinski definition) is 1. The maximum Gasteiger partial charge on any atom is 0.256 e. The van der Waals surface area contributed by atoms with Crippen LogP contribution in [0.3, 0.4) is 0 Å². The summed E-state index contributed by atoms with van der Waals surface area (Å²) in [7, 11) is 3.20. The van der Waals surface area contributed by atoms with Crippen molar-refractivity contribution < 1.29 is 14.1 Å². The second kappa shape index (κ2) is 5.64. The number of methoxy groups -OCH3 is 1. The standard InChI is InChI=1S/C14H17N3O3/c1-9-7-10(16-20-9)8-17(2)14(18)11-5-4-6-12(19-3)13(11)15/h4-7H,8,15H2,1-3H3. The molecule has 20 heavy (non-hydrogen) atoms. The Kier molecular flexibility index (Phi) is 3.93. The van der Waals surface area contributed by atoms with Crippen LogP contribution in [0.25, 0.3) is 0 Å². The van der Waals surface area contributed by atoms with Crippen molar-refractivity contribution >= 4 is 11.6 Å². The Labute approximate surface area is 117 Å². The molecule has 106 valence electrons. The van der Waals surface area contributed by atoms with Gasteiger partial charge in [0.2, 0.25) is 0 Å². The van der Waals surface area contributed by atoms with E-state index in [-0.39, 0.29) is 5.91 Å². The maximum atomic E-state index is 12.4. The van der Waals surface area contributed by atoms with Crippen molar-refractivity contribution in [1.82, 2.24) is 10.1 Å². The molecule has 0 aliphatic rings. The Morgan fingerprint density at radius 3 is 2.85 bits per heavy atom. The van der Waals surface area contributed by atoms with Crippen LogP contribution in [0.1, 0.15) is 21.8 Å². The van der Waals surface area contributed by atoms with E-state index in [1.807, 2.05) is 0 Å². The van der Waals surface area contributed by atoms with Crippen LogP contribution < -0.4 is 10.5 Å². The van der Waals surface area contributed by atoms with Gasteiger partial charge in [0.25, 0.3) is 5.91 Å². The Balaban J connectivity index is 2.18. The van der Waals surface area contributed by atoms with Crippen LogP contribution in [0.5, 0.6) is 5.75 Å². The van der Waals surface area contributed by atoms with Crippen LogP contribution >= 0.6 is 0 Å². The van der Waals surface area contributed by atoms with Gasteiger partial charge in [-0.05, 0) is 19.1 Å². The number of benzene rings is 1. The first-order valence-corrected chi connectivity index (χ1v) is 6.13. The number of para-hydroxylation sites is 1. The minimum atomic E-state index is -0.193. The molecule has 2 aromatic rings. The molecule has 0 atom stereocenters. The van der Waals surface area contributed by atoms with E-state index >= 15 is 0 Å². The SMILES string of the molecule is COc1cccc(C(=O)N(C)Cc2cc(C)on2)c1N. The van der Waals surface area contributed by atoms with Crippen molar-refractivity contribution in [3.63, 3.8) is 0 Å². The number of nitrogens with zero attached hydrogens (tertiary/aromatic N) is 2. The van der Waals surface area contributed by atoms with Gasteiger partial charge in [-0.3, -0.25) is 4.79 Å². The number of anilines is 1. The minimum Gasteiger partial charge on any atom is -0.495 e. The Morgan fingerprint density at radius 2 is 2.25 bits per heavy atom. The number of nitrogen functional groups attached to an aromatic ring is 1. The number of carbonyl (C=O) groups excluding carboxylic acids is 1. The molecule has 6 heteroatoms. The van der Waals surface area contributed by atoms with Gasteiger partial charge in [0.1, 0.15) is 17.2 Å². The summed E-state index contributed by atoms with van der Waals surface area (Å²) in [5.74, 6) is 1.00. The van der Waals surface area contributed by atoms with E-state index in [1.165, 1.54) is 12.0 Å². The third kappa shape index (κ3) is 2.74. The van der Waals surface area contributed by atoms with E-state index in [0.29, 0.717) is 35.0 Å². The molecule has 2 rings (SSSR count). The zero-order chi connectivity index (χ0) is 14.7. The van der Waals surface area contributed by atoms with Crippen molar-refractivity contribution in [2.75, 3.05) is 19.9 Å². The highest BCUT2D eigenvalue weighted by molar-refractivity contribution is 6.00. The lowest BCUT2D eigenvalue weighted by atomic mass is 10.1. The van der Waals surface area contributed by atoms with Crippen LogP contribution in [0.15, 0.2) is 28.8 Å². The highest BCUT2D eigenvalue weighted by atomic mass is 16.5. The van der Waals surface area contributed by atoms with Crippen LogP contribution in [-0.2, 0) is 6.54 Å². The zero-order valence-electron chi connectivity index (χ0n) is 11.7. The molecule has 0 spiro atoms. The van der Waals surface area contributed by atoms with E-state index in [9.17, 15) is 4.79 Å². The molecule has 2 N–H and O–H groups in total. The van der Waals surface area contributed by atoms with Crippen LogP contribution in [0, 0.1) is 6.92 Å². The molecular weight excluding hydrogens is 258 g/mol. The van der Waals surface area contributed by atoms with E-state index < -0.39 is 0 Å². The molecule has 1 amide bonds. The lowest BCUT2D eigenvalue weighted by Gasteiger charge is -2.17. The van der Waals surface area contributed by atoms with Crippen LogP contribution in [-0.4, -0.2) is 30.1 Å². The maximum absolute atomic E-state index is 12.4. The molecular formula is C14H17N3O3. The minimum absolute atomic E-state index is 0.193. The number of ether oxygens (including phenoxy) is 1. The second-order valence-electron chi connectivity index (χ2n) is 4.51. The molecule has 1 heterocycles. The average molecular weight is 275 g/mol. The quantitative estimate of drug-likeness (QED) is 0.861. The van der Waals surface area contributed by atoms with Gasteiger partial charge in [-0.2, -0.15) is 0 Å². The highest BCUT2D eigenvalue weighted by Crippen LogP contribution is 2.25. The molecule has 6 nitrogen and oxygen atoms in total. The fourth-order valence-corrected chi connectivity index (χ4v) is 1.92. The van der Waals surface area contributed by atoms with Gasteiger partial charge < -0.3 is 19.9 Å². The van der Waals surface area contributed by atoms with Gasteiger partial charge in [0.15, 0.2) is 0 Å². The van der Waals surface area contributed by atoms with Gasteiger partial charge in [-0.15, -0.1) is 0 Å². The number of aryl methyl sites for hydroxylation is 1. The number of hydrogen-bond acceptors (Lipinski definition) is 5. The van der Waals surface area contributed by atoms with E-state index in [2.05, 4.69) is 5.16 Å². The Hall–Kier alpha value is -2.50. The Morgan fingerprint density at radius 1 is 1.50 bits per heavy atom. The third-order valence-corrected chi connectivity index (χ3v) is 2.94. The number of amides is 1. The van der Waals surface area contributed by atoms with Gasteiger partial charge in [-0.25, -0.2) is 0 Å². The molecule has 0 radical (unpaired) electrons. The summed E-state index contributed by atoms with van der Waals surface area (Å²) in [4.78, 5) is 13.9. The summed E-state index contributed by atoms with van der Waals surface area (Å²) >= 11 is 0. The normalized spacial score (nSPS) is 10.3. The molecule has 0 bridgehead atoms. The molecule has 0 unspecified atom stereocenters. The van der Waals surface area contributed by atoms with Gasteiger partial charge in [-0.1, -0.05) is 11.2 Å². The number of nitrogens with two attached hydrogens (primary N) is 1. The number of aromatic nitrogens is 1. The number of carbonyl (C=O) groups is 1. The van der Waals surface area contributed by atoms with Gasteiger partial charge >= 0.3 is 0 Å². The topological polar surface area (TPSA) is 81.6 Å². The largest absolute Gasteiger partial charge is 0.495 e. The summed E-state index contributed by atoms with van der Waals surface area (Å²) < 4.78 is 10.1. The molecule has 0 saturated heterocycles. The van der Waals surface area contributed by atoms with Crippen molar-refractivity contribution in [2.24, 2.45) is 0 Å². The predicted molar refractivity (Wildman–Crippen MR) is 74.4 cm³/mol. The van der Waals surface area contributed by atoms with Gasteiger partial charge in [0.05, 0.1) is 24.9 Å². The van der Waals surface area contributed by atoms with E-state index in [1.54, 1.807) is 38.2 Å². The van der Waals surface area contributed by atoms with Crippen LogP contribution in [0.4, 0.5) is 5.69 Å². The zero-order valence-corrected chi connectivity index (χ0v) is 11.7. The summed E-state index contributed by atoms with van der Waals surface area (Å²) in [6.07, 6.45) is 0. The predicted octanol–water partition coefficient (Wildman–Crippen LogP) is 1.85. The second-order valence-corrected chi connectivity index (χ2v) is 4.51. The third-order valence-electron chi connectivity index (χ3n) is 2.94. The lowest BCUT2D eigenvalue weighted by Crippen LogP contribution is -2.27. The molecule has 0 fully saturated rings. The first-order chi connectivity index (χ1) is 9.52.